The molecule has 1 aromatic rings. The van der Waals surface area contributed by atoms with Gasteiger partial charge in [-0.3, -0.25) is 9.59 Å². The van der Waals surface area contributed by atoms with E-state index in [0.29, 0.717) is 13.0 Å². The summed E-state index contributed by atoms with van der Waals surface area (Å²) in [6.07, 6.45) is 3.23. The summed E-state index contributed by atoms with van der Waals surface area (Å²) >= 11 is 0. The van der Waals surface area contributed by atoms with Gasteiger partial charge in [-0.15, -0.1) is 0 Å². The van der Waals surface area contributed by atoms with Gasteiger partial charge in [0, 0.05) is 19.3 Å². The summed E-state index contributed by atoms with van der Waals surface area (Å²) in [7, 11) is -3.51. The topological polar surface area (TPSA) is 105 Å². The molecule has 1 saturated carbocycles. The molecule has 7 nitrogen and oxygen atoms in total. The normalized spacial score (nSPS) is 27.9. The molecule has 1 amide bonds. The minimum atomic E-state index is -3.51. The van der Waals surface area contributed by atoms with Crippen molar-refractivity contribution in [1.29, 1.82) is 0 Å². The van der Waals surface area contributed by atoms with E-state index >= 15 is 0 Å². The Balaban J connectivity index is 1.83. The first-order valence-corrected chi connectivity index (χ1v) is 8.96. The van der Waals surface area contributed by atoms with Gasteiger partial charge in [-0.05, 0) is 30.9 Å². The predicted molar refractivity (Wildman–Crippen MR) is 75.1 cm³/mol. The molecule has 22 heavy (non-hydrogen) atoms. The van der Waals surface area contributed by atoms with E-state index in [1.807, 2.05) is 0 Å². The Bertz CT molecular complexity index is 736. The third-order valence-electron chi connectivity index (χ3n) is 4.74. The monoisotopic (exact) mass is 327 g/mol. The first kappa shape index (κ1) is 15.1. The average molecular weight is 327 g/mol. The Hall–Kier alpha value is -1.83. The standard InChI is InChI=1S/C14H17NO6S/c1-22(19,20)11-5-4-10(21-11)12(16)15-7-9-3-2-6-14(9,8-15)13(17)18/h4-5,9H,2-3,6-8H2,1H3,(H,17,18)/t9-,14+/m0/s1. The summed E-state index contributed by atoms with van der Waals surface area (Å²) in [6.45, 7) is 0.529. The van der Waals surface area contributed by atoms with Gasteiger partial charge in [-0.25, -0.2) is 8.42 Å². The molecule has 3 rings (SSSR count). The second-order valence-electron chi connectivity index (χ2n) is 6.13. The van der Waals surface area contributed by atoms with Crippen LogP contribution >= 0.6 is 0 Å². The van der Waals surface area contributed by atoms with Crippen LogP contribution in [0.25, 0.3) is 0 Å². The molecule has 8 heteroatoms. The van der Waals surface area contributed by atoms with Crippen LogP contribution in [0.5, 0.6) is 0 Å². The maximum absolute atomic E-state index is 12.4. The Morgan fingerprint density at radius 2 is 2.14 bits per heavy atom. The van der Waals surface area contributed by atoms with Gasteiger partial charge in [0.25, 0.3) is 5.91 Å². The molecule has 2 atom stereocenters. The quantitative estimate of drug-likeness (QED) is 0.888. The lowest BCUT2D eigenvalue weighted by Crippen LogP contribution is -2.37. The lowest BCUT2D eigenvalue weighted by Gasteiger charge is -2.22. The zero-order valence-electron chi connectivity index (χ0n) is 12.1. The van der Waals surface area contributed by atoms with Crippen LogP contribution in [0.1, 0.15) is 29.8 Å². The average Bonchev–Trinajstić information content (AvgIpc) is 3.10. The van der Waals surface area contributed by atoms with E-state index in [1.165, 1.54) is 17.0 Å². The summed E-state index contributed by atoms with van der Waals surface area (Å²) in [4.78, 5) is 25.5. The minimum Gasteiger partial charge on any atom is -0.481 e. The Morgan fingerprint density at radius 3 is 2.68 bits per heavy atom. The number of amides is 1. The van der Waals surface area contributed by atoms with Crippen LogP contribution in [0, 0.1) is 11.3 Å². The van der Waals surface area contributed by atoms with Crippen LogP contribution in [0.4, 0.5) is 0 Å². The summed E-state index contributed by atoms with van der Waals surface area (Å²) in [6, 6.07) is 2.56. The maximum Gasteiger partial charge on any atom is 0.311 e. The van der Waals surface area contributed by atoms with Gasteiger partial charge < -0.3 is 14.4 Å². The van der Waals surface area contributed by atoms with Crippen LogP contribution in [-0.2, 0) is 14.6 Å². The fraction of sp³-hybridized carbons (Fsp3) is 0.571. The van der Waals surface area contributed by atoms with Crippen molar-refractivity contribution in [3.05, 3.63) is 17.9 Å². The number of carbonyl (C=O) groups is 2. The fourth-order valence-electron chi connectivity index (χ4n) is 3.58. The van der Waals surface area contributed by atoms with Crippen LogP contribution < -0.4 is 0 Å². The van der Waals surface area contributed by atoms with Gasteiger partial charge in [-0.2, -0.15) is 0 Å². The number of rotatable bonds is 3. The number of fused-ring (bicyclic) bond motifs is 1. The van der Waals surface area contributed by atoms with E-state index in [4.69, 9.17) is 4.42 Å². The number of likely N-dealkylation sites (tertiary alicyclic amines) is 1. The Labute approximate surface area is 127 Å². The summed E-state index contributed by atoms with van der Waals surface area (Å²) < 4.78 is 27.9. The van der Waals surface area contributed by atoms with E-state index in [9.17, 15) is 23.1 Å². The number of carboxylic acid groups (broad SMARTS) is 1. The van der Waals surface area contributed by atoms with Gasteiger partial charge in [0.05, 0.1) is 5.41 Å². The van der Waals surface area contributed by atoms with Crippen LogP contribution in [0.15, 0.2) is 21.6 Å². The molecule has 1 N–H and O–H groups in total. The van der Waals surface area contributed by atoms with E-state index in [2.05, 4.69) is 0 Å². The number of nitrogens with zero attached hydrogens (tertiary/aromatic N) is 1. The van der Waals surface area contributed by atoms with Crippen LogP contribution in [0.2, 0.25) is 0 Å². The highest BCUT2D eigenvalue weighted by molar-refractivity contribution is 7.90. The zero-order valence-corrected chi connectivity index (χ0v) is 12.9. The molecule has 0 radical (unpaired) electrons. The number of carboxylic acids is 1. The molecule has 1 aliphatic carbocycles. The maximum atomic E-state index is 12.4. The lowest BCUT2D eigenvalue weighted by atomic mass is 9.81. The first-order chi connectivity index (χ1) is 10.2. The summed E-state index contributed by atoms with van der Waals surface area (Å²) in [5, 5.41) is 9.25. The summed E-state index contributed by atoms with van der Waals surface area (Å²) in [5.41, 5.74) is -0.859. The number of aliphatic carboxylic acids is 1. The Morgan fingerprint density at radius 1 is 1.41 bits per heavy atom. The highest BCUT2D eigenvalue weighted by atomic mass is 32.2. The molecule has 1 aliphatic heterocycles. The third-order valence-corrected chi connectivity index (χ3v) is 5.69. The molecule has 0 unspecified atom stereocenters. The number of carbonyl (C=O) groups excluding carboxylic acids is 1. The van der Waals surface area contributed by atoms with E-state index in [1.54, 1.807) is 0 Å². The van der Waals surface area contributed by atoms with Gasteiger partial charge in [-0.1, -0.05) is 6.42 Å². The molecule has 0 aromatic carbocycles. The Kier molecular flexibility index (Phi) is 3.32. The van der Waals surface area contributed by atoms with Crippen molar-refractivity contribution in [2.24, 2.45) is 11.3 Å². The molecule has 2 aliphatic rings. The van der Waals surface area contributed by atoms with Gasteiger partial charge in [0.2, 0.25) is 14.9 Å². The van der Waals surface area contributed by atoms with E-state index < -0.39 is 27.1 Å². The largest absolute Gasteiger partial charge is 0.481 e. The van der Waals surface area contributed by atoms with Crippen molar-refractivity contribution in [3.8, 4) is 0 Å². The summed E-state index contributed by atoms with van der Waals surface area (Å²) in [5.74, 6) is -1.43. The van der Waals surface area contributed by atoms with Crippen molar-refractivity contribution in [3.63, 3.8) is 0 Å². The van der Waals surface area contributed by atoms with Crippen molar-refractivity contribution < 1.29 is 27.5 Å². The molecule has 1 aromatic heterocycles. The highest BCUT2D eigenvalue weighted by Crippen LogP contribution is 2.49. The molecular weight excluding hydrogens is 310 g/mol. The molecule has 120 valence electrons. The highest BCUT2D eigenvalue weighted by Gasteiger charge is 2.56. The van der Waals surface area contributed by atoms with E-state index in [-0.39, 0.29) is 23.3 Å². The van der Waals surface area contributed by atoms with E-state index in [0.717, 1.165) is 19.1 Å². The molecule has 2 fully saturated rings. The minimum absolute atomic E-state index is 0.0432. The van der Waals surface area contributed by atoms with Crippen LogP contribution in [0.3, 0.4) is 0 Å². The SMILES string of the molecule is CS(=O)(=O)c1ccc(C(=O)N2C[C@@H]3CCC[C@@]3(C(=O)O)C2)o1. The van der Waals surface area contributed by atoms with Crippen molar-refractivity contribution in [1.82, 2.24) is 4.90 Å². The predicted octanol–water partition coefficient (Wildman–Crippen LogP) is 1.01. The second-order valence-corrected chi connectivity index (χ2v) is 8.07. The number of hydrogen-bond donors (Lipinski definition) is 1. The fourth-order valence-corrected chi connectivity index (χ4v) is 4.14. The second kappa shape index (κ2) is 4.84. The molecular formula is C14H17NO6S. The van der Waals surface area contributed by atoms with Crippen molar-refractivity contribution in [2.45, 2.75) is 24.4 Å². The van der Waals surface area contributed by atoms with Crippen molar-refractivity contribution >= 4 is 21.7 Å². The number of furan rings is 1. The van der Waals surface area contributed by atoms with Crippen molar-refractivity contribution in [2.75, 3.05) is 19.3 Å². The molecule has 0 bridgehead atoms. The van der Waals surface area contributed by atoms with Gasteiger partial charge in [0.1, 0.15) is 0 Å². The van der Waals surface area contributed by atoms with Crippen LogP contribution in [-0.4, -0.2) is 49.6 Å². The smallest absolute Gasteiger partial charge is 0.311 e. The molecule has 0 spiro atoms. The number of sulfone groups is 1. The zero-order chi connectivity index (χ0) is 16.1. The molecule has 1 saturated heterocycles. The first-order valence-electron chi connectivity index (χ1n) is 7.06. The lowest BCUT2D eigenvalue weighted by molar-refractivity contribution is -0.149. The van der Waals surface area contributed by atoms with Gasteiger partial charge >= 0.3 is 5.97 Å². The molecule has 2 heterocycles. The third kappa shape index (κ3) is 2.22. The van der Waals surface area contributed by atoms with Gasteiger partial charge in [0.15, 0.2) is 5.76 Å². The number of hydrogen-bond acceptors (Lipinski definition) is 5.